The molecule has 5 heterocycles. The summed E-state index contributed by atoms with van der Waals surface area (Å²) in [5, 5.41) is 2.77. The molecule has 3 aromatic heterocycles. The molecule has 0 spiro atoms. The summed E-state index contributed by atoms with van der Waals surface area (Å²) in [4.78, 5) is 35.3. The molecule has 0 aliphatic carbocycles. The van der Waals surface area contributed by atoms with Crippen LogP contribution in [0, 0.1) is 5.95 Å². The summed E-state index contributed by atoms with van der Waals surface area (Å²) in [6.07, 6.45) is 4.61. The van der Waals surface area contributed by atoms with Crippen LogP contribution in [0.4, 0.5) is 10.1 Å². The lowest BCUT2D eigenvalue weighted by Crippen LogP contribution is -2.48. The third kappa shape index (κ3) is 4.49. The number of aromatic nitrogens is 3. The predicted molar refractivity (Wildman–Crippen MR) is 121 cm³/mol. The minimum absolute atomic E-state index is 0.0255. The summed E-state index contributed by atoms with van der Waals surface area (Å²) in [5.41, 5.74) is 3.11. The molecular weight excluding hydrogens is 427 g/mol. The monoisotopic (exact) mass is 454 g/mol. The zero-order valence-electron chi connectivity index (χ0n) is 18.5. The predicted octanol–water partition coefficient (Wildman–Crippen LogP) is 1.17. The lowest BCUT2D eigenvalue weighted by Gasteiger charge is -2.35. The second-order valence-electron chi connectivity index (χ2n) is 8.58. The maximum Gasteiger partial charge on any atom is 0.270 e. The van der Waals surface area contributed by atoms with Crippen molar-refractivity contribution in [1.29, 1.82) is 0 Å². The van der Waals surface area contributed by atoms with Crippen LogP contribution in [0.1, 0.15) is 28.5 Å². The van der Waals surface area contributed by atoms with Crippen molar-refractivity contribution in [3.63, 3.8) is 0 Å². The third-order valence-electron chi connectivity index (χ3n) is 6.27. The van der Waals surface area contributed by atoms with Crippen molar-refractivity contribution in [2.45, 2.75) is 25.9 Å². The molecule has 0 unspecified atom stereocenters. The highest BCUT2D eigenvalue weighted by Gasteiger charge is 2.24. The van der Waals surface area contributed by atoms with Crippen LogP contribution in [0.25, 0.3) is 5.65 Å². The molecule has 33 heavy (non-hydrogen) atoms. The Morgan fingerprint density at radius 1 is 1.24 bits per heavy atom. The number of amides is 1. The molecule has 0 saturated carbocycles. The summed E-state index contributed by atoms with van der Waals surface area (Å²) in [6.45, 7) is 6.54. The van der Waals surface area contributed by atoms with Gasteiger partial charge in [0, 0.05) is 50.7 Å². The minimum Gasteiger partial charge on any atom is -0.377 e. The van der Waals surface area contributed by atoms with E-state index >= 15 is 0 Å². The number of pyridine rings is 1. The lowest BCUT2D eigenvalue weighted by molar-refractivity contribution is -0.00356. The molecule has 2 aliphatic rings. The molecule has 2 saturated heterocycles. The first kappa shape index (κ1) is 21.6. The summed E-state index contributed by atoms with van der Waals surface area (Å²) in [6, 6.07) is 5.17. The topological polar surface area (TPSA) is 95.0 Å². The largest absolute Gasteiger partial charge is 0.377 e. The molecule has 1 amide bonds. The molecule has 9 nitrogen and oxygen atoms in total. The standard InChI is InChI=1S/C23H27FN6O3/c1-2-16-12-30-11-15(9-20(30)27-22(16)31)10-28-5-7-29(8-6-28)19-4-3-18(26-21(19)24)23(32)25-17-13-33-14-17/h3-4,9,11-12,17H,2,5-8,10,13-14H2,1H3,(H,25,32)(H,27,31). The highest BCUT2D eigenvalue weighted by atomic mass is 19.1. The number of ether oxygens (including phenoxy) is 1. The number of nitrogens with one attached hydrogen (secondary N) is 2. The molecule has 174 valence electrons. The van der Waals surface area contributed by atoms with E-state index in [2.05, 4.69) is 20.2 Å². The summed E-state index contributed by atoms with van der Waals surface area (Å²) >= 11 is 0. The van der Waals surface area contributed by atoms with E-state index in [0.29, 0.717) is 38.4 Å². The van der Waals surface area contributed by atoms with Crippen molar-refractivity contribution in [2.24, 2.45) is 0 Å². The van der Waals surface area contributed by atoms with Gasteiger partial charge in [-0.15, -0.1) is 0 Å². The van der Waals surface area contributed by atoms with Gasteiger partial charge in [-0.3, -0.25) is 14.5 Å². The molecule has 0 atom stereocenters. The van der Waals surface area contributed by atoms with Crippen molar-refractivity contribution in [3.05, 3.63) is 63.7 Å². The van der Waals surface area contributed by atoms with Crippen molar-refractivity contribution < 1.29 is 13.9 Å². The van der Waals surface area contributed by atoms with E-state index in [1.807, 2.05) is 34.7 Å². The summed E-state index contributed by atoms with van der Waals surface area (Å²) < 4.78 is 21.7. The van der Waals surface area contributed by atoms with Crippen LogP contribution < -0.4 is 15.8 Å². The maximum absolute atomic E-state index is 14.7. The van der Waals surface area contributed by atoms with Crippen molar-refractivity contribution in [1.82, 2.24) is 24.6 Å². The van der Waals surface area contributed by atoms with E-state index in [-0.39, 0.29) is 23.2 Å². The van der Waals surface area contributed by atoms with Gasteiger partial charge >= 0.3 is 0 Å². The van der Waals surface area contributed by atoms with Crippen molar-refractivity contribution in [3.8, 4) is 0 Å². The fraction of sp³-hybridized carbons (Fsp3) is 0.435. The van der Waals surface area contributed by atoms with Gasteiger partial charge in [-0.1, -0.05) is 6.92 Å². The average Bonchev–Trinajstić information content (AvgIpc) is 3.17. The van der Waals surface area contributed by atoms with Gasteiger partial charge in [-0.25, -0.2) is 4.98 Å². The number of carbonyl (C=O) groups is 1. The highest BCUT2D eigenvalue weighted by Crippen LogP contribution is 2.21. The van der Waals surface area contributed by atoms with E-state index in [9.17, 15) is 14.0 Å². The smallest absolute Gasteiger partial charge is 0.270 e. The number of hydrogen-bond donors (Lipinski definition) is 2. The first-order chi connectivity index (χ1) is 16.0. The van der Waals surface area contributed by atoms with Gasteiger partial charge in [0.05, 0.1) is 24.9 Å². The number of fused-ring (bicyclic) bond motifs is 1. The SMILES string of the molecule is CCc1cn2cc(CN3CCN(c4ccc(C(=O)NC5COC5)nc4F)CC3)cc2[nH]c1=O. The molecule has 0 bridgehead atoms. The van der Waals surface area contributed by atoms with Gasteiger partial charge in [-0.2, -0.15) is 4.39 Å². The number of aryl methyl sites for hydroxylation is 1. The molecular formula is C23H27FN6O3. The molecule has 0 radical (unpaired) electrons. The first-order valence-electron chi connectivity index (χ1n) is 11.3. The molecule has 2 aliphatic heterocycles. The minimum atomic E-state index is -0.629. The number of rotatable bonds is 6. The maximum atomic E-state index is 14.7. The van der Waals surface area contributed by atoms with Crippen molar-refractivity contribution >= 4 is 17.2 Å². The quantitative estimate of drug-likeness (QED) is 0.543. The van der Waals surface area contributed by atoms with E-state index in [1.54, 1.807) is 12.1 Å². The van der Waals surface area contributed by atoms with Gasteiger partial charge < -0.3 is 24.3 Å². The van der Waals surface area contributed by atoms with Crippen LogP contribution in [0.15, 0.2) is 35.4 Å². The zero-order chi connectivity index (χ0) is 22.9. The third-order valence-corrected chi connectivity index (χ3v) is 6.27. The summed E-state index contributed by atoms with van der Waals surface area (Å²) in [7, 11) is 0. The van der Waals surface area contributed by atoms with Gasteiger partial charge in [-0.05, 0) is 30.2 Å². The molecule has 2 fully saturated rings. The lowest BCUT2D eigenvalue weighted by atomic mass is 10.2. The Balaban J connectivity index is 1.20. The molecule has 3 aromatic rings. The molecule has 0 aromatic carbocycles. The Morgan fingerprint density at radius 2 is 2.03 bits per heavy atom. The number of halogens is 1. The van der Waals surface area contributed by atoms with Gasteiger partial charge in [0.1, 0.15) is 11.3 Å². The number of H-pyrrole nitrogens is 1. The van der Waals surface area contributed by atoms with Crippen LogP contribution in [0.2, 0.25) is 0 Å². The Morgan fingerprint density at radius 3 is 2.70 bits per heavy atom. The van der Waals surface area contributed by atoms with Gasteiger partial charge in [0.25, 0.3) is 11.5 Å². The number of aromatic amines is 1. The van der Waals surface area contributed by atoms with Crippen LogP contribution >= 0.6 is 0 Å². The van der Waals surface area contributed by atoms with Gasteiger partial charge in [0.15, 0.2) is 0 Å². The van der Waals surface area contributed by atoms with E-state index in [0.717, 1.165) is 36.4 Å². The molecule has 5 rings (SSSR count). The second-order valence-corrected chi connectivity index (χ2v) is 8.58. The molecule has 2 N–H and O–H groups in total. The Labute approximate surface area is 190 Å². The number of hydrogen-bond acceptors (Lipinski definition) is 6. The Kier molecular flexibility index (Phi) is 5.86. The van der Waals surface area contributed by atoms with Crippen molar-refractivity contribution in [2.75, 3.05) is 44.3 Å². The second kappa shape index (κ2) is 8.95. The van der Waals surface area contributed by atoms with E-state index in [1.165, 1.54) is 0 Å². The highest BCUT2D eigenvalue weighted by molar-refractivity contribution is 5.92. The number of anilines is 1. The van der Waals surface area contributed by atoms with Crippen LogP contribution in [-0.4, -0.2) is 70.6 Å². The van der Waals surface area contributed by atoms with E-state index in [4.69, 9.17) is 4.74 Å². The first-order valence-corrected chi connectivity index (χ1v) is 11.3. The fourth-order valence-corrected chi connectivity index (χ4v) is 4.28. The van der Waals surface area contributed by atoms with Crippen LogP contribution in [-0.2, 0) is 17.7 Å². The van der Waals surface area contributed by atoms with Gasteiger partial charge in [0.2, 0.25) is 5.95 Å². The number of carbonyl (C=O) groups excluding carboxylic acids is 1. The number of piperazine rings is 1. The average molecular weight is 455 g/mol. The van der Waals surface area contributed by atoms with E-state index < -0.39 is 5.95 Å². The van der Waals surface area contributed by atoms with Crippen LogP contribution in [0.3, 0.4) is 0 Å². The Hall–Kier alpha value is -3.24. The normalized spacial score (nSPS) is 17.3. The summed E-state index contributed by atoms with van der Waals surface area (Å²) in [5.74, 6) is -1.01. The Bertz CT molecular complexity index is 1230. The fourth-order valence-electron chi connectivity index (χ4n) is 4.28. The number of nitrogens with zero attached hydrogens (tertiary/aromatic N) is 4. The molecule has 10 heteroatoms. The zero-order valence-corrected chi connectivity index (χ0v) is 18.5. The van der Waals surface area contributed by atoms with Crippen LogP contribution in [0.5, 0.6) is 0 Å².